The molecule has 1 aliphatic heterocycles. The quantitative estimate of drug-likeness (QED) is 0.658. The largest absolute Gasteiger partial charge is 0.507 e. The van der Waals surface area contributed by atoms with Crippen LogP contribution in [0.4, 0.5) is 23.5 Å². The van der Waals surface area contributed by atoms with E-state index in [1.165, 1.54) is 0 Å². The highest BCUT2D eigenvalue weighted by Gasteiger charge is 2.33. The lowest BCUT2D eigenvalue weighted by atomic mass is 10.1. The first-order valence-electron chi connectivity index (χ1n) is 8.62. The molecule has 0 aliphatic carbocycles. The molecule has 3 heterocycles. The van der Waals surface area contributed by atoms with Gasteiger partial charge in [-0.15, -0.1) is 10.2 Å². The highest BCUT2D eigenvalue weighted by Crippen LogP contribution is 2.39. The highest BCUT2D eigenvalue weighted by atomic mass is 19.4. The molecule has 0 bridgehead atoms. The van der Waals surface area contributed by atoms with E-state index in [0.717, 1.165) is 12.8 Å². The number of ether oxygens (including phenoxy) is 1. The van der Waals surface area contributed by atoms with Gasteiger partial charge in [-0.1, -0.05) is 0 Å². The highest BCUT2D eigenvalue weighted by molar-refractivity contribution is 5.81. The van der Waals surface area contributed by atoms with Gasteiger partial charge >= 0.3 is 6.18 Å². The Hall–Kier alpha value is -2.88. The van der Waals surface area contributed by atoms with Crippen LogP contribution >= 0.6 is 0 Å². The van der Waals surface area contributed by atoms with E-state index < -0.39 is 28.9 Å². The maximum absolute atomic E-state index is 14.5. The summed E-state index contributed by atoms with van der Waals surface area (Å²) >= 11 is 0. The maximum atomic E-state index is 14.5. The zero-order valence-electron chi connectivity index (χ0n) is 14.5. The number of aromatic hydroxyl groups is 1. The van der Waals surface area contributed by atoms with Crippen LogP contribution < -0.4 is 5.32 Å². The number of rotatable bonds is 3. The zero-order chi connectivity index (χ0) is 19.9. The Morgan fingerprint density at radius 3 is 2.75 bits per heavy atom. The summed E-state index contributed by atoms with van der Waals surface area (Å²) < 4.78 is 60.0. The van der Waals surface area contributed by atoms with Gasteiger partial charge in [0.25, 0.3) is 0 Å². The Kier molecular flexibility index (Phi) is 4.58. The minimum absolute atomic E-state index is 0.0377. The molecule has 2 aromatic heterocycles. The number of alkyl halides is 3. The lowest BCUT2D eigenvalue weighted by Gasteiger charge is -2.24. The first-order chi connectivity index (χ1) is 13.3. The number of phenolic OH excluding ortho intramolecular Hbond substituents is 1. The van der Waals surface area contributed by atoms with Gasteiger partial charge in [0.05, 0.1) is 29.3 Å². The number of hydrogen-bond donors (Lipinski definition) is 2. The summed E-state index contributed by atoms with van der Waals surface area (Å²) in [5.41, 5.74) is -1.37. The minimum atomic E-state index is -4.78. The van der Waals surface area contributed by atoms with Crippen molar-refractivity contribution in [2.24, 2.45) is 0 Å². The smallest absolute Gasteiger partial charge is 0.416 e. The van der Waals surface area contributed by atoms with Crippen molar-refractivity contribution in [1.82, 2.24) is 14.6 Å². The molecule has 2 N–H and O–H groups in total. The average molecular weight is 396 g/mol. The summed E-state index contributed by atoms with van der Waals surface area (Å²) in [5, 5.41) is 21.3. The monoisotopic (exact) mass is 396 g/mol. The third-order valence-electron chi connectivity index (χ3n) is 4.59. The lowest BCUT2D eigenvalue weighted by Crippen LogP contribution is -2.31. The van der Waals surface area contributed by atoms with Crippen molar-refractivity contribution in [3.63, 3.8) is 0 Å². The molecule has 0 amide bonds. The molecule has 1 saturated heterocycles. The Bertz CT molecular complexity index is 989. The summed E-state index contributed by atoms with van der Waals surface area (Å²) in [6.45, 7) is 1.22. The summed E-state index contributed by atoms with van der Waals surface area (Å²) in [6.07, 6.45) is -1.32. The molecule has 1 aliphatic rings. The molecule has 1 fully saturated rings. The second kappa shape index (κ2) is 6.93. The molecule has 0 saturated carbocycles. The second-order valence-electron chi connectivity index (χ2n) is 6.54. The molecule has 1 unspecified atom stereocenters. The van der Waals surface area contributed by atoms with Crippen LogP contribution in [0.5, 0.6) is 5.75 Å². The van der Waals surface area contributed by atoms with Crippen molar-refractivity contribution >= 4 is 11.5 Å². The Balaban J connectivity index is 1.76. The van der Waals surface area contributed by atoms with Crippen molar-refractivity contribution in [3.05, 3.63) is 41.8 Å². The fraction of sp³-hybridized carbons (Fsp3) is 0.333. The molecule has 0 radical (unpaired) electrons. The third kappa shape index (κ3) is 3.35. The van der Waals surface area contributed by atoms with Crippen LogP contribution in [0.25, 0.3) is 16.8 Å². The van der Waals surface area contributed by atoms with E-state index in [9.17, 15) is 22.7 Å². The molecular weight excluding hydrogens is 380 g/mol. The van der Waals surface area contributed by atoms with Gasteiger partial charge in [-0.3, -0.25) is 4.40 Å². The van der Waals surface area contributed by atoms with Gasteiger partial charge in [-0.2, -0.15) is 13.2 Å². The summed E-state index contributed by atoms with van der Waals surface area (Å²) in [5.74, 6) is -1.69. The number of benzene rings is 1. The van der Waals surface area contributed by atoms with Crippen molar-refractivity contribution in [3.8, 4) is 17.0 Å². The fourth-order valence-electron chi connectivity index (χ4n) is 3.26. The van der Waals surface area contributed by atoms with Crippen LogP contribution in [0, 0.1) is 5.82 Å². The van der Waals surface area contributed by atoms with Crippen LogP contribution in [0.1, 0.15) is 18.4 Å². The van der Waals surface area contributed by atoms with Gasteiger partial charge in [0.1, 0.15) is 17.3 Å². The maximum Gasteiger partial charge on any atom is 0.416 e. The van der Waals surface area contributed by atoms with Gasteiger partial charge in [0, 0.05) is 12.8 Å². The average Bonchev–Trinajstić information content (AvgIpc) is 3.13. The number of anilines is 1. The van der Waals surface area contributed by atoms with E-state index in [2.05, 4.69) is 15.5 Å². The summed E-state index contributed by atoms with van der Waals surface area (Å²) in [4.78, 5) is 0. The number of nitrogens with one attached hydrogen (secondary N) is 1. The minimum Gasteiger partial charge on any atom is -0.507 e. The van der Waals surface area contributed by atoms with Crippen molar-refractivity contribution in [2.75, 3.05) is 18.5 Å². The van der Waals surface area contributed by atoms with E-state index in [1.54, 1.807) is 22.7 Å². The number of nitrogens with zero attached hydrogens (tertiary/aromatic N) is 3. The number of aromatic nitrogens is 3. The van der Waals surface area contributed by atoms with E-state index in [4.69, 9.17) is 4.74 Å². The molecule has 6 nitrogen and oxygen atoms in total. The van der Waals surface area contributed by atoms with E-state index >= 15 is 0 Å². The number of hydrogen-bond acceptors (Lipinski definition) is 5. The number of fused-ring (bicyclic) bond motifs is 1. The molecule has 3 aromatic rings. The zero-order valence-corrected chi connectivity index (χ0v) is 14.5. The molecule has 148 valence electrons. The van der Waals surface area contributed by atoms with Crippen LogP contribution in [0.15, 0.2) is 30.5 Å². The molecule has 10 heteroatoms. The molecule has 0 spiro atoms. The standard InChI is InChI=1S/C18H16F4N4O2/c19-12-7-10(18(20,21)22)8-14(27)15(12)16-13-4-1-5-26(13)17(25-24-16)23-11-3-2-6-28-9-11/h1,4-5,7-8,11,27H,2-3,6,9H2,(H,23,25). The number of phenols is 1. The van der Waals surface area contributed by atoms with Crippen LogP contribution in [-0.2, 0) is 10.9 Å². The Labute approximate surface area is 156 Å². The van der Waals surface area contributed by atoms with Crippen molar-refractivity contribution < 1.29 is 27.4 Å². The van der Waals surface area contributed by atoms with Crippen LogP contribution in [0.3, 0.4) is 0 Å². The van der Waals surface area contributed by atoms with Gasteiger partial charge in [-0.25, -0.2) is 4.39 Å². The topological polar surface area (TPSA) is 71.7 Å². The van der Waals surface area contributed by atoms with Crippen molar-refractivity contribution in [2.45, 2.75) is 25.1 Å². The molecule has 1 atom stereocenters. The predicted molar refractivity (Wildman–Crippen MR) is 92.5 cm³/mol. The molecule has 4 rings (SSSR count). The Morgan fingerprint density at radius 1 is 1.25 bits per heavy atom. The molecule has 28 heavy (non-hydrogen) atoms. The van der Waals surface area contributed by atoms with Gasteiger partial charge in [0.15, 0.2) is 0 Å². The summed E-state index contributed by atoms with van der Waals surface area (Å²) in [7, 11) is 0. The SMILES string of the molecule is Oc1cc(C(F)(F)F)cc(F)c1-c1nnc(NC2CCCOC2)n2cccc12. The third-order valence-corrected chi connectivity index (χ3v) is 4.59. The Morgan fingerprint density at radius 2 is 2.07 bits per heavy atom. The van der Waals surface area contributed by atoms with Gasteiger partial charge < -0.3 is 15.2 Å². The first-order valence-corrected chi connectivity index (χ1v) is 8.62. The van der Waals surface area contributed by atoms with Gasteiger partial charge in [-0.05, 0) is 37.1 Å². The van der Waals surface area contributed by atoms with E-state index in [0.29, 0.717) is 36.8 Å². The van der Waals surface area contributed by atoms with Gasteiger partial charge in [0.2, 0.25) is 5.95 Å². The molecular formula is C18H16F4N4O2. The lowest BCUT2D eigenvalue weighted by molar-refractivity contribution is -0.137. The van der Waals surface area contributed by atoms with Crippen LogP contribution in [0.2, 0.25) is 0 Å². The number of halogens is 4. The predicted octanol–water partition coefficient (Wildman–Crippen LogP) is 3.85. The van der Waals surface area contributed by atoms with Crippen molar-refractivity contribution in [1.29, 1.82) is 0 Å². The summed E-state index contributed by atoms with van der Waals surface area (Å²) in [6, 6.07) is 4.13. The van der Waals surface area contributed by atoms with Crippen LogP contribution in [-0.4, -0.2) is 39.0 Å². The molecule has 1 aromatic carbocycles. The van der Waals surface area contributed by atoms with E-state index in [1.807, 2.05) is 0 Å². The normalized spacial score (nSPS) is 17.8. The second-order valence-corrected chi connectivity index (χ2v) is 6.54. The fourth-order valence-corrected chi connectivity index (χ4v) is 3.26. The first kappa shape index (κ1) is 18.5. The van der Waals surface area contributed by atoms with E-state index in [-0.39, 0.29) is 11.7 Å².